The van der Waals surface area contributed by atoms with E-state index in [2.05, 4.69) is 4.98 Å². The number of nitrogens with two attached hydrogens (primary N) is 1. The van der Waals surface area contributed by atoms with Gasteiger partial charge in [0.15, 0.2) is 0 Å². The van der Waals surface area contributed by atoms with Crippen molar-refractivity contribution in [2.75, 3.05) is 18.9 Å². The van der Waals surface area contributed by atoms with Gasteiger partial charge in [0, 0.05) is 18.4 Å². The first-order valence-electron chi connectivity index (χ1n) is 5.65. The topological polar surface area (TPSA) is 57.4 Å². The maximum absolute atomic E-state index is 5.88. The molecule has 2 rings (SSSR count). The average molecular weight is 222 g/mol. The van der Waals surface area contributed by atoms with Crippen LogP contribution in [0.5, 0.6) is 5.88 Å². The Balaban J connectivity index is 2.11. The number of nitrogen functional groups attached to an aromatic ring is 1. The largest absolute Gasteiger partial charge is 0.474 e. The van der Waals surface area contributed by atoms with E-state index in [-0.39, 0.29) is 6.10 Å². The van der Waals surface area contributed by atoms with Gasteiger partial charge in [-0.25, -0.2) is 4.98 Å². The van der Waals surface area contributed by atoms with Gasteiger partial charge in [-0.2, -0.15) is 0 Å². The van der Waals surface area contributed by atoms with Crippen molar-refractivity contribution in [3.63, 3.8) is 0 Å². The van der Waals surface area contributed by atoms with Crippen LogP contribution in [0.2, 0.25) is 0 Å². The minimum Gasteiger partial charge on any atom is -0.474 e. The highest BCUT2D eigenvalue weighted by Gasteiger charge is 2.17. The molecule has 0 unspecified atom stereocenters. The lowest BCUT2D eigenvalue weighted by Crippen LogP contribution is -2.26. The van der Waals surface area contributed by atoms with Crippen molar-refractivity contribution < 1.29 is 9.47 Å². The smallest absolute Gasteiger partial charge is 0.216 e. The average Bonchev–Trinajstić information content (AvgIpc) is 2.27. The van der Waals surface area contributed by atoms with Crippen LogP contribution in [0.15, 0.2) is 6.07 Å². The minimum atomic E-state index is 0.225. The number of aryl methyl sites for hydroxylation is 2. The first kappa shape index (κ1) is 11.2. The fourth-order valence-electron chi connectivity index (χ4n) is 1.78. The summed E-state index contributed by atoms with van der Waals surface area (Å²) in [5.74, 6) is 0.707. The second kappa shape index (κ2) is 4.70. The number of rotatable bonds is 2. The van der Waals surface area contributed by atoms with Gasteiger partial charge in [0.1, 0.15) is 6.10 Å². The molecule has 2 heterocycles. The molecule has 0 aromatic carbocycles. The number of nitrogens with zero attached hydrogens (tertiary/aromatic N) is 1. The molecule has 88 valence electrons. The van der Waals surface area contributed by atoms with E-state index in [1.165, 1.54) is 0 Å². The number of aromatic nitrogens is 1. The van der Waals surface area contributed by atoms with Crippen LogP contribution in [-0.4, -0.2) is 24.3 Å². The van der Waals surface area contributed by atoms with Gasteiger partial charge in [0.05, 0.1) is 24.6 Å². The molecule has 0 atom stereocenters. The van der Waals surface area contributed by atoms with Crippen molar-refractivity contribution in [3.8, 4) is 5.88 Å². The van der Waals surface area contributed by atoms with Gasteiger partial charge < -0.3 is 15.2 Å². The SMILES string of the molecule is Cc1cc(N)c(C)nc1OC1CCOCC1. The Kier molecular flexibility index (Phi) is 3.29. The highest BCUT2D eigenvalue weighted by molar-refractivity contribution is 5.47. The summed E-state index contributed by atoms with van der Waals surface area (Å²) in [5.41, 5.74) is 8.33. The maximum atomic E-state index is 5.88. The number of hydrogen-bond acceptors (Lipinski definition) is 4. The van der Waals surface area contributed by atoms with Crippen molar-refractivity contribution >= 4 is 5.69 Å². The van der Waals surface area contributed by atoms with Crippen LogP contribution in [0.25, 0.3) is 0 Å². The number of anilines is 1. The summed E-state index contributed by atoms with van der Waals surface area (Å²) in [7, 11) is 0. The fraction of sp³-hybridized carbons (Fsp3) is 0.583. The van der Waals surface area contributed by atoms with E-state index in [0.29, 0.717) is 5.88 Å². The van der Waals surface area contributed by atoms with Crippen LogP contribution < -0.4 is 10.5 Å². The summed E-state index contributed by atoms with van der Waals surface area (Å²) < 4.78 is 11.2. The molecule has 0 radical (unpaired) electrons. The second-order valence-electron chi connectivity index (χ2n) is 4.21. The summed E-state index contributed by atoms with van der Waals surface area (Å²) in [5, 5.41) is 0. The van der Waals surface area contributed by atoms with Crippen LogP contribution in [0, 0.1) is 13.8 Å². The summed E-state index contributed by atoms with van der Waals surface area (Å²) in [4.78, 5) is 4.38. The van der Waals surface area contributed by atoms with Gasteiger partial charge >= 0.3 is 0 Å². The van der Waals surface area contributed by atoms with E-state index in [0.717, 1.165) is 43.0 Å². The highest BCUT2D eigenvalue weighted by Crippen LogP contribution is 2.23. The van der Waals surface area contributed by atoms with E-state index in [4.69, 9.17) is 15.2 Å². The Hall–Kier alpha value is -1.29. The van der Waals surface area contributed by atoms with Gasteiger partial charge in [-0.15, -0.1) is 0 Å². The molecule has 0 spiro atoms. The van der Waals surface area contributed by atoms with Crippen molar-refractivity contribution in [2.24, 2.45) is 0 Å². The van der Waals surface area contributed by atoms with Gasteiger partial charge in [0.2, 0.25) is 5.88 Å². The van der Waals surface area contributed by atoms with E-state index in [1.807, 2.05) is 19.9 Å². The van der Waals surface area contributed by atoms with Crippen LogP contribution in [-0.2, 0) is 4.74 Å². The molecule has 0 aliphatic carbocycles. The van der Waals surface area contributed by atoms with E-state index in [9.17, 15) is 0 Å². The monoisotopic (exact) mass is 222 g/mol. The van der Waals surface area contributed by atoms with Gasteiger partial charge in [-0.05, 0) is 19.9 Å². The number of pyridine rings is 1. The normalized spacial score (nSPS) is 17.4. The van der Waals surface area contributed by atoms with Gasteiger partial charge in [-0.3, -0.25) is 0 Å². The Morgan fingerprint density at radius 3 is 2.75 bits per heavy atom. The maximum Gasteiger partial charge on any atom is 0.216 e. The number of ether oxygens (including phenoxy) is 2. The zero-order valence-electron chi connectivity index (χ0n) is 9.82. The van der Waals surface area contributed by atoms with Gasteiger partial charge in [-0.1, -0.05) is 0 Å². The zero-order chi connectivity index (χ0) is 11.5. The Labute approximate surface area is 95.8 Å². The predicted molar refractivity (Wildman–Crippen MR) is 62.6 cm³/mol. The minimum absolute atomic E-state index is 0.225. The highest BCUT2D eigenvalue weighted by atomic mass is 16.5. The molecule has 16 heavy (non-hydrogen) atoms. The molecule has 1 saturated heterocycles. The Morgan fingerprint density at radius 1 is 1.38 bits per heavy atom. The molecule has 0 bridgehead atoms. The third-order valence-electron chi connectivity index (χ3n) is 2.84. The molecule has 1 aliphatic heterocycles. The van der Waals surface area contributed by atoms with Crippen molar-refractivity contribution in [2.45, 2.75) is 32.8 Å². The molecule has 4 heteroatoms. The molecule has 4 nitrogen and oxygen atoms in total. The lowest BCUT2D eigenvalue weighted by atomic mass is 10.1. The van der Waals surface area contributed by atoms with Crippen LogP contribution >= 0.6 is 0 Å². The first-order chi connectivity index (χ1) is 7.66. The predicted octanol–water partition coefficient (Wildman–Crippen LogP) is 1.84. The van der Waals surface area contributed by atoms with Crippen molar-refractivity contribution in [1.29, 1.82) is 0 Å². The molecule has 0 amide bonds. The third kappa shape index (κ3) is 2.44. The van der Waals surface area contributed by atoms with Crippen molar-refractivity contribution in [1.82, 2.24) is 4.98 Å². The Morgan fingerprint density at radius 2 is 2.06 bits per heavy atom. The molecule has 1 fully saturated rings. The summed E-state index contributed by atoms with van der Waals surface area (Å²) in [6.07, 6.45) is 2.10. The van der Waals surface area contributed by atoms with Gasteiger partial charge in [0.25, 0.3) is 0 Å². The molecule has 2 N–H and O–H groups in total. The molecule has 1 aromatic heterocycles. The summed E-state index contributed by atoms with van der Waals surface area (Å²) in [6.45, 7) is 5.42. The molecule has 0 saturated carbocycles. The first-order valence-corrected chi connectivity index (χ1v) is 5.65. The summed E-state index contributed by atoms with van der Waals surface area (Å²) in [6, 6.07) is 1.91. The molecular weight excluding hydrogens is 204 g/mol. The lowest BCUT2D eigenvalue weighted by Gasteiger charge is -2.23. The van der Waals surface area contributed by atoms with Crippen LogP contribution in [0.4, 0.5) is 5.69 Å². The standard InChI is InChI=1S/C12H18N2O2/c1-8-7-11(13)9(2)14-12(8)16-10-3-5-15-6-4-10/h7,10H,3-6,13H2,1-2H3. The molecule has 1 aliphatic rings. The van der Waals surface area contributed by atoms with E-state index >= 15 is 0 Å². The number of hydrogen-bond donors (Lipinski definition) is 1. The van der Waals surface area contributed by atoms with Crippen LogP contribution in [0.3, 0.4) is 0 Å². The third-order valence-corrected chi connectivity index (χ3v) is 2.84. The summed E-state index contributed by atoms with van der Waals surface area (Å²) >= 11 is 0. The molecule has 1 aromatic rings. The van der Waals surface area contributed by atoms with E-state index in [1.54, 1.807) is 0 Å². The zero-order valence-corrected chi connectivity index (χ0v) is 9.82. The lowest BCUT2D eigenvalue weighted by molar-refractivity contribution is 0.0234. The Bertz CT molecular complexity index is 374. The van der Waals surface area contributed by atoms with Crippen LogP contribution in [0.1, 0.15) is 24.1 Å². The van der Waals surface area contributed by atoms with Crippen molar-refractivity contribution in [3.05, 3.63) is 17.3 Å². The van der Waals surface area contributed by atoms with E-state index < -0.39 is 0 Å². The fourth-order valence-corrected chi connectivity index (χ4v) is 1.78. The second-order valence-corrected chi connectivity index (χ2v) is 4.21. The quantitative estimate of drug-likeness (QED) is 0.829. The molecular formula is C12H18N2O2.